The minimum atomic E-state index is -3.76. The lowest BCUT2D eigenvalue weighted by Crippen LogP contribution is -2.14. The van der Waals surface area contributed by atoms with Gasteiger partial charge in [-0.1, -0.05) is 12.1 Å². The molecule has 0 aliphatic rings. The number of thiophene rings is 1. The van der Waals surface area contributed by atoms with Crippen LogP contribution in [0.2, 0.25) is 0 Å². The number of carboxylic acid groups (broad SMARTS) is 1. The van der Waals surface area contributed by atoms with Gasteiger partial charge in [-0.25, -0.2) is 13.2 Å². The van der Waals surface area contributed by atoms with Crippen molar-refractivity contribution in [3.8, 4) is 0 Å². The number of aryl methyl sites for hydroxylation is 1. The Kier molecular flexibility index (Phi) is 3.59. The average Bonchev–Trinajstić information content (AvgIpc) is 2.76. The van der Waals surface area contributed by atoms with Crippen LogP contribution in [0.5, 0.6) is 0 Å². The number of carboxylic acids is 1. The summed E-state index contributed by atoms with van der Waals surface area (Å²) in [6, 6.07) is 7.77. The fourth-order valence-corrected chi connectivity index (χ4v) is 3.73. The highest BCUT2D eigenvalue weighted by Gasteiger charge is 2.19. The quantitative estimate of drug-likeness (QED) is 0.908. The maximum atomic E-state index is 12.1. The van der Waals surface area contributed by atoms with E-state index >= 15 is 0 Å². The van der Waals surface area contributed by atoms with E-state index in [1.54, 1.807) is 19.1 Å². The van der Waals surface area contributed by atoms with Crippen LogP contribution in [0, 0.1) is 6.92 Å². The van der Waals surface area contributed by atoms with Crippen LogP contribution in [0.15, 0.2) is 40.6 Å². The van der Waals surface area contributed by atoms with Crippen molar-refractivity contribution in [1.82, 2.24) is 0 Å². The Hall–Kier alpha value is -1.86. The van der Waals surface area contributed by atoms with Crippen LogP contribution in [0.4, 0.5) is 5.00 Å². The Balaban J connectivity index is 2.37. The zero-order valence-corrected chi connectivity index (χ0v) is 11.6. The summed E-state index contributed by atoms with van der Waals surface area (Å²) < 4.78 is 26.6. The summed E-state index contributed by atoms with van der Waals surface area (Å²) in [5.74, 6) is -1.16. The van der Waals surface area contributed by atoms with Gasteiger partial charge >= 0.3 is 5.97 Å². The number of rotatable bonds is 4. The van der Waals surface area contributed by atoms with Gasteiger partial charge in [-0.2, -0.15) is 0 Å². The second-order valence-corrected chi connectivity index (χ2v) is 6.49. The molecule has 5 nitrogen and oxygen atoms in total. The fraction of sp³-hybridized carbons (Fsp3) is 0.0833. The third-order valence-electron chi connectivity index (χ3n) is 2.42. The number of nitrogens with one attached hydrogen (secondary N) is 1. The van der Waals surface area contributed by atoms with Crippen LogP contribution in [0.1, 0.15) is 15.9 Å². The molecule has 0 spiro atoms. The molecule has 0 bridgehead atoms. The molecule has 1 aromatic carbocycles. The Bertz CT molecular complexity index is 719. The van der Waals surface area contributed by atoms with Crippen molar-refractivity contribution in [2.75, 3.05) is 4.72 Å². The van der Waals surface area contributed by atoms with Gasteiger partial charge in [-0.3, -0.25) is 4.72 Å². The largest absolute Gasteiger partial charge is 0.478 e. The minimum absolute atomic E-state index is 0.0544. The Morgan fingerprint density at radius 1 is 1.32 bits per heavy atom. The number of aromatic carboxylic acids is 1. The van der Waals surface area contributed by atoms with E-state index in [0.717, 1.165) is 16.9 Å². The van der Waals surface area contributed by atoms with Crippen molar-refractivity contribution < 1.29 is 18.3 Å². The smallest absolute Gasteiger partial charge is 0.338 e. The maximum absolute atomic E-state index is 12.1. The van der Waals surface area contributed by atoms with Gasteiger partial charge in [0.25, 0.3) is 10.0 Å². The highest BCUT2D eigenvalue weighted by molar-refractivity contribution is 7.93. The van der Waals surface area contributed by atoms with Crippen LogP contribution >= 0.6 is 11.3 Å². The molecule has 0 fully saturated rings. The van der Waals surface area contributed by atoms with E-state index in [0.29, 0.717) is 0 Å². The lowest BCUT2D eigenvalue weighted by Gasteiger charge is -2.07. The van der Waals surface area contributed by atoms with E-state index in [4.69, 9.17) is 5.11 Å². The molecule has 2 aromatic rings. The minimum Gasteiger partial charge on any atom is -0.478 e. The van der Waals surface area contributed by atoms with Gasteiger partial charge in [0.15, 0.2) is 0 Å². The van der Waals surface area contributed by atoms with Crippen LogP contribution < -0.4 is 4.72 Å². The van der Waals surface area contributed by atoms with Crippen LogP contribution in [-0.2, 0) is 10.0 Å². The molecule has 0 unspecified atom stereocenters. The predicted molar refractivity (Wildman–Crippen MR) is 73.3 cm³/mol. The Morgan fingerprint density at radius 3 is 2.68 bits per heavy atom. The van der Waals surface area contributed by atoms with E-state index in [-0.39, 0.29) is 15.5 Å². The molecule has 0 saturated heterocycles. The zero-order chi connectivity index (χ0) is 14.0. The second kappa shape index (κ2) is 5.02. The van der Waals surface area contributed by atoms with E-state index in [2.05, 4.69) is 4.72 Å². The summed E-state index contributed by atoms with van der Waals surface area (Å²) in [6.07, 6.45) is 0. The molecule has 0 aliphatic carbocycles. The topological polar surface area (TPSA) is 83.5 Å². The number of benzene rings is 1. The molecule has 0 radical (unpaired) electrons. The fourth-order valence-electron chi connectivity index (χ4n) is 1.52. The molecule has 1 aromatic heterocycles. The van der Waals surface area contributed by atoms with E-state index in [1.165, 1.54) is 23.6 Å². The second-order valence-electron chi connectivity index (χ2n) is 3.89. The standard InChI is InChI=1S/C12H11NO4S2/c1-8-3-2-4-9(7-8)19(16,17)13-11-10(12(14)15)5-6-18-11/h2-7,13H,1H3,(H,14,15). The summed E-state index contributed by atoms with van der Waals surface area (Å²) in [5, 5.41) is 10.6. The average molecular weight is 297 g/mol. The van der Waals surface area contributed by atoms with Gasteiger partial charge in [0.1, 0.15) is 5.00 Å². The van der Waals surface area contributed by atoms with Crippen molar-refractivity contribution >= 4 is 32.3 Å². The molecule has 2 rings (SSSR count). The molecule has 100 valence electrons. The van der Waals surface area contributed by atoms with Crippen molar-refractivity contribution in [2.45, 2.75) is 11.8 Å². The molecule has 0 amide bonds. The number of sulfonamides is 1. The molecule has 2 N–H and O–H groups in total. The van der Waals surface area contributed by atoms with Gasteiger partial charge in [0.05, 0.1) is 10.5 Å². The van der Waals surface area contributed by atoms with Gasteiger partial charge in [-0.05, 0) is 36.1 Å². The highest BCUT2D eigenvalue weighted by atomic mass is 32.2. The maximum Gasteiger partial charge on any atom is 0.338 e. The highest BCUT2D eigenvalue weighted by Crippen LogP contribution is 2.26. The molecular weight excluding hydrogens is 286 g/mol. The van der Waals surface area contributed by atoms with E-state index in [1.807, 2.05) is 0 Å². The van der Waals surface area contributed by atoms with Crippen LogP contribution in [-0.4, -0.2) is 19.5 Å². The lowest BCUT2D eigenvalue weighted by atomic mass is 10.2. The number of anilines is 1. The summed E-state index contributed by atoms with van der Waals surface area (Å²) in [5.41, 5.74) is 0.758. The van der Waals surface area contributed by atoms with Gasteiger partial charge in [0.2, 0.25) is 0 Å². The zero-order valence-electron chi connectivity index (χ0n) is 9.95. The number of carbonyl (C=O) groups is 1. The van der Waals surface area contributed by atoms with E-state index < -0.39 is 16.0 Å². The summed E-state index contributed by atoms with van der Waals surface area (Å²) in [7, 11) is -3.76. The first kappa shape index (κ1) is 13.6. The van der Waals surface area contributed by atoms with E-state index in [9.17, 15) is 13.2 Å². The first-order valence-electron chi connectivity index (χ1n) is 5.30. The predicted octanol–water partition coefficient (Wildman–Crippen LogP) is 2.56. The monoisotopic (exact) mass is 297 g/mol. The van der Waals surface area contributed by atoms with Crippen molar-refractivity contribution in [3.05, 3.63) is 46.8 Å². The molecule has 0 atom stereocenters. The molecule has 7 heteroatoms. The molecule has 0 aliphatic heterocycles. The molecular formula is C12H11NO4S2. The summed E-state index contributed by atoms with van der Waals surface area (Å²) >= 11 is 1.03. The van der Waals surface area contributed by atoms with Crippen LogP contribution in [0.3, 0.4) is 0 Å². The summed E-state index contributed by atoms with van der Waals surface area (Å²) in [6.45, 7) is 1.78. The third-order valence-corrected chi connectivity index (χ3v) is 4.73. The molecule has 0 saturated carbocycles. The number of hydrogen-bond donors (Lipinski definition) is 2. The number of hydrogen-bond acceptors (Lipinski definition) is 4. The van der Waals surface area contributed by atoms with Gasteiger partial charge in [-0.15, -0.1) is 11.3 Å². The Labute approximate surface area is 114 Å². The van der Waals surface area contributed by atoms with Crippen molar-refractivity contribution in [3.63, 3.8) is 0 Å². The SMILES string of the molecule is Cc1cccc(S(=O)(=O)Nc2sccc2C(=O)O)c1. The normalized spacial score (nSPS) is 11.2. The van der Waals surface area contributed by atoms with Crippen LogP contribution in [0.25, 0.3) is 0 Å². The first-order chi connectivity index (χ1) is 8.90. The van der Waals surface area contributed by atoms with Gasteiger partial charge in [0, 0.05) is 0 Å². The first-order valence-corrected chi connectivity index (χ1v) is 7.67. The molecule has 1 heterocycles. The van der Waals surface area contributed by atoms with Crippen molar-refractivity contribution in [1.29, 1.82) is 0 Å². The third kappa shape index (κ3) is 2.94. The lowest BCUT2D eigenvalue weighted by molar-refractivity contribution is 0.0698. The molecule has 19 heavy (non-hydrogen) atoms. The van der Waals surface area contributed by atoms with Crippen molar-refractivity contribution in [2.24, 2.45) is 0 Å². The summed E-state index contributed by atoms with van der Waals surface area (Å²) in [4.78, 5) is 11.0. The van der Waals surface area contributed by atoms with Gasteiger partial charge < -0.3 is 5.11 Å². The Morgan fingerprint density at radius 2 is 2.05 bits per heavy atom.